The van der Waals surface area contributed by atoms with E-state index in [1.807, 2.05) is 42.1 Å². The summed E-state index contributed by atoms with van der Waals surface area (Å²) in [5, 5.41) is 5.27. The van der Waals surface area contributed by atoms with E-state index < -0.39 is 0 Å². The molecule has 0 aromatic carbocycles. The molecule has 0 atom stereocenters. The monoisotopic (exact) mass is 313 g/mol. The van der Waals surface area contributed by atoms with Crippen molar-refractivity contribution >= 4 is 11.8 Å². The number of hydrogen-bond donors (Lipinski definition) is 0. The van der Waals surface area contributed by atoms with Crippen molar-refractivity contribution in [2.24, 2.45) is 0 Å². The van der Waals surface area contributed by atoms with E-state index in [4.69, 9.17) is 4.74 Å². The van der Waals surface area contributed by atoms with Gasteiger partial charge in [-0.1, -0.05) is 11.8 Å². The summed E-state index contributed by atoms with van der Waals surface area (Å²) in [6.45, 7) is 1.95. The molecule has 3 aromatic rings. The molecular weight excluding hydrogens is 298 g/mol. The summed E-state index contributed by atoms with van der Waals surface area (Å²) in [7, 11) is 1.59. The Labute approximate surface area is 132 Å². The number of nitrogens with zero attached hydrogens (tertiary/aromatic N) is 5. The van der Waals surface area contributed by atoms with Crippen LogP contribution >= 0.6 is 11.8 Å². The molecule has 0 spiro atoms. The highest BCUT2D eigenvalue weighted by atomic mass is 32.2. The van der Waals surface area contributed by atoms with E-state index in [2.05, 4.69) is 20.1 Å². The van der Waals surface area contributed by atoms with Gasteiger partial charge in [-0.25, -0.2) is 19.6 Å². The van der Waals surface area contributed by atoms with Gasteiger partial charge in [0, 0.05) is 12.3 Å². The van der Waals surface area contributed by atoms with E-state index in [9.17, 15) is 0 Å². The predicted octanol–water partition coefficient (Wildman–Crippen LogP) is 2.76. The largest absolute Gasteiger partial charge is 0.481 e. The van der Waals surface area contributed by atoms with Gasteiger partial charge >= 0.3 is 0 Å². The smallest absolute Gasteiger partial charge is 0.213 e. The van der Waals surface area contributed by atoms with Crippen LogP contribution < -0.4 is 4.74 Å². The summed E-state index contributed by atoms with van der Waals surface area (Å²) in [5.74, 6) is 0.570. The van der Waals surface area contributed by atoms with Gasteiger partial charge in [0.2, 0.25) is 5.88 Å². The summed E-state index contributed by atoms with van der Waals surface area (Å²) in [6.07, 6.45) is 5.44. The van der Waals surface area contributed by atoms with E-state index in [0.717, 1.165) is 27.9 Å². The molecule has 0 saturated heterocycles. The summed E-state index contributed by atoms with van der Waals surface area (Å²) >= 11 is 1.51. The molecule has 7 heteroatoms. The second kappa shape index (κ2) is 6.15. The number of aryl methyl sites for hydroxylation is 1. The van der Waals surface area contributed by atoms with Crippen LogP contribution in [-0.2, 0) is 0 Å². The minimum Gasteiger partial charge on any atom is -0.481 e. The van der Waals surface area contributed by atoms with Gasteiger partial charge in [-0.05, 0) is 31.4 Å². The van der Waals surface area contributed by atoms with Crippen LogP contribution in [0.2, 0.25) is 0 Å². The predicted molar refractivity (Wildman–Crippen MR) is 85.5 cm³/mol. The number of thioether (sulfide) groups is 1. The fourth-order valence-corrected chi connectivity index (χ4v) is 2.43. The SMILES string of the molecule is COc1ccc(-n2nc(C)cc2-c2ccnc(SC)n2)cn1. The topological polar surface area (TPSA) is 65.7 Å². The minimum atomic E-state index is 0.570. The molecule has 3 rings (SSSR count). The molecule has 0 bridgehead atoms. The fourth-order valence-electron chi connectivity index (χ4n) is 2.08. The molecule has 0 aliphatic rings. The van der Waals surface area contributed by atoms with Crippen LogP contribution in [0.15, 0.2) is 41.8 Å². The number of ether oxygens (including phenoxy) is 1. The summed E-state index contributed by atoms with van der Waals surface area (Å²) < 4.78 is 6.92. The summed E-state index contributed by atoms with van der Waals surface area (Å²) in [6, 6.07) is 7.60. The number of methoxy groups -OCH3 is 1. The normalized spacial score (nSPS) is 10.7. The highest BCUT2D eigenvalue weighted by Gasteiger charge is 2.12. The van der Waals surface area contributed by atoms with Crippen LogP contribution in [0.5, 0.6) is 5.88 Å². The highest BCUT2D eigenvalue weighted by molar-refractivity contribution is 7.98. The van der Waals surface area contributed by atoms with Gasteiger partial charge in [-0.2, -0.15) is 5.10 Å². The highest BCUT2D eigenvalue weighted by Crippen LogP contribution is 2.23. The zero-order valence-electron chi connectivity index (χ0n) is 12.5. The van der Waals surface area contributed by atoms with Crippen LogP contribution in [0.1, 0.15) is 5.69 Å². The molecule has 0 unspecified atom stereocenters. The van der Waals surface area contributed by atoms with Crippen molar-refractivity contribution in [1.29, 1.82) is 0 Å². The standard InChI is InChI=1S/C15H15N5OS/c1-10-8-13(12-6-7-16-15(18-12)22-3)20(19-10)11-4-5-14(21-2)17-9-11/h4-9H,1-3H3. The first-order valence-electron chi connectivity index (χ1n) is 6.66. The third kappa shape index (κ3) is 2.80. The minimum absolute atomic E-state index is 0.570. The molecule has 0 radical (unpaired) electrons. The van der Waals surface area contributed by atoms with Crippen LogP contribution in [-0.4, -0.2) is 38.1 Å². The number of rotatable bonds is 4. The average Bonchev–Trinajstić information content (AvgIpc) is 2.97. The molecule has 0 N–H and O–H groups in total. The van der Waals surface area contributed by atoms with Gasteiger partial charge < -0.3 is 4.74 Å². The molecule has 0 aliphatic heterocycles. The van der Waals surface area contributed by atoms with Gasteiger partial charge in [0.1, 0.15) is 0 Å². The van der Waals surface area contributed by atoms with Gasteiger partial charge in [0.15, 0.2) is 5.16 Å². The van der Waals surface area contributed by atoms with Crippen molar-refractivity contribution in [2.45, 2.75) is 12.1 Å². The van der Waals surface area contributed by atoms with Crippen LogP contribution in [0.25, 0.3) is 17.1 Å². The molecule has 3 heterocycles. The summed E-state index contributed by atoms with van der Waals surface area (Å²) in [4.78, 5) is 13.0. The van der Waals surface area contributed by atoms with E-state index >= 15 is 0 Å². The molecule has 6 nitrogen and oxygen atoms in total. The quantitative estimate of drug-likeness (QED) is 0.545. The van der Waals surface area contributed by atoms with Crippen LogP contribution in [0, 0.1) is 6.92 Å². The van der Waals surface area contributed by atoms with Crippen molar-refractivity contribution < 1.29 is 4.74 Å². The van der Waals surface area contributed by atoms with Crippen molar-refractivity contribution in [1.82, 2.24) is 24.7 Å². The lowest BCUT2D eigenvalue weighted by molar-refractivity contribution is 0.397. The lowest BCUT2D eigenvalue weighted by Gasteiger charge is -2.07. The maximum atomic E-state index is 5.09. The first-order chi connectivity index (χ1) is 10.7. The molecular formula is C15H15N5OS. The molecule has 0 aliphatic carbocycles. The van der Waals surface area contributed by atoms with E-state index in [1.165, 1.54) is 11.8 Å². The molecule has 0 amide bonds. The zero-order valence-corrected chi connectivity index (χ0v) is 13.3. The fraction of sp³-hybridized carbons (Fsp3) is 0.200. The molecule has 0 fully saturated rings. The number of aromatic nitrogens is 5. The Kier molecular flexibility index (Phi) is 4.06. The maximum absolute atomic E-state index is 5.09. The lowest BCUT2D eigenvalue weighted by atomic mass is 10.2. The van der Waals surface area contributed by atoms with Crippen LogP contribution in [0.4, 0.5) is 0 Å². The zero-order chi connectivity index (χ0) is 15.5. The summed E-state index contributed by atoms with van der Waals surface area (Å²) in [5.41, 5.74) is 3.50. The lowest BCUT2D eigenvalue weighted by Crippen LogP contribution is -2.02. The first-order valence-corrected chi connectivity index (χ1v) is 7.88. The third-order valence-corrected chi connectivity index (χ3v) is 3.65. The van der Waals surface area contributed by atoms with Gasteiger partial charge in [0.25, 0.3) is 0 Å². The van der Waals surface area contributed by atoms with Gasteiger partial charge in [-0.3, -0.25) is 0 Å². The molecule has 112 valence electrons. The Morgan fingerprint density at radius 1 is 1.18 bits per heavy atom. The number of pyridine rings is 1. The van der Waals surface area contributed by atoms with Crippen LogP contribution in [0.3, 0.4) is 0 Å². The molecule has 22 heavy (non-hydrogen) atoms. The number of hydrogen-bond acceptors (Lipinski definition) is 6. The Hall–Kier alpha value is -2.41. The third-order valence-electron chi connectivity index (χ3n) is 3.08. The van der Waals surface area contributed by atoms with E-state index in [1.54, 1.807) is 19.5 Å². The Balaban J connectivity index is 2.08. The molecule has 0 saturated carbocycles. The van der Waals surface area contributed by atoms with Gasteiger partial charge in [-0.15, -0.1) is 0 Å². The molecule has 3 aromatic heterocycles. The Morgan fingerprint density at radius 3 is 2.73 bits per heavy atom. The second-order valence-corrected chi connectivity index (χ2v) is 5.34. The van der Waals surface area contributed by atoms with Crippen molar-refractivity contribution in [3.8, 4) is 23.0 Å². The van der Waals surface area contributed by atoms with Crippen molar-refractivity contribution in [3.05, 3.63) is 42.4 Å². The van der Waals surface area contributed by atoms with Crippen molar-refractivity contribution in [2.75, 3.05) is 13.4 Å². The van der Waals surface area contributed by atoms with Gasteiger partial charge in [0.05, 0.1) is 36.1 Å². The second-order valence-electron chi connectivity index (χ2n) is 4.57. The van der Waals surface area contributed by atoms with E-state index in [-0.39, 0.29) is 0 Å². The Morgan fingerprint density at radius 2 is 2.05 bits per heavy atom. The van der Waals surface area contributed by atoms with Crippen molar-refractivity contribution in [3.63, 3.8) is 0 Å². The maximum Gasteiger partial charge on any atom is 0.213 e. The van der Waals surface area contributed by atoms with E-state index in [0.29, 0.717) is 5.88 Å². The average molecular weight is 313 g/mol. The first kappa shape index (κ1) is 14.5. The Bertz CT molecular complexity index is 785.